The number of amidine groups is 4. The van der Waals surface area contributed by atoms with Crippen LogP contribution in [0.5, 0.6) is 0 Å². The Morgan fingerprint density at radius 3 is 1.25 bits per heavy atom. The molecule has 6 aromatic heterocycles. The zero-order chi connectivity index (χ0) is 48.3. The number of hydrogen-bond donors (Lipinski definition) is 2. The summed E-state index contributed by atoms with van der Waals surface area (Å²) < 4.78 is 20.1. The van der Waals surface area contributed by atoms with Crippen LogP contribution in [0.2, 0.25) is 0 Å². The predicted molar refractivity (Wildman–Crippen MR) is 273 cm³/mol. The molecule has 6 bridgehead atoms. The van der Waals surface area contributed by atoms with Gasteiger partial charge < -0.3 is 19.5 Å². The Morgan fingerprint density at radius 1 is 0.425 bits per heavy atom. The summed E-state index contributed by atoms with van der Waals surface area (Å²) in [4.78, 5) is 71.2. The Bertz CT molecular complexity index is 3490. The lowest BCUT2D eigenvalue weighted by Gasteiger charge is -2.39. The van der Waals surface area contributed by atoms with Gasteiger partial charge in [0.25, 0.3) is 0 Å². The smallest absolute Gasteiger partial charge is 0.361 e. The highest BCUT2D eigenvalue weighted by atomic mass is 28.4. The molecule has 8 aromatic rings. The van der Waals surface area contributed by atoms with Gasteiger partial charge in [0.1, 0.15) is 44.8 Å². The molecule has 14 rings (SSSR count). The second-order valence-electron chi connectivity index (χ2n) is 19.2. The second-order valence-corrected chi connectivity index (χ2v) is 21.7. The Kier molecular flexibility index (Phi) is 11.0. The van der Waals surface area contributed by atoms with Gasteiger partial charge in [-0.1, -0.05) is 86.3 Å². The summed E-state index contributed by atoms with van der Waals surface area (Å²) in [6.45, 7) is 2.05. The molecule has 20 nitrogen and oxygen atoms in total. The van der Waals surface area contributed by atoms with Crippen LogP contribution >= 0.6 is 0 Å². The maximum absolute atomic E-state index is 8.05. The molecule has 2 fully saturated rings. The largest absolute Gasteiger partial charge is 0.603 e. The highest BCUT2D eigenvalue weighted by Gasteiger charge is 2.55. The minimum atomic E-state index is -4.59. The van der Waals surface area contributed by atoms with E-state index in [1.54, 1.807) is 49.6 Å². The fourth-order valence-corrected chi connectivity index (χ4v) is 14.6. The van der Waals surface area contributed by atoms with E-state index in [0.717, 1.165) is 64.5 Å². The van der Waals surface area contributed by atoms with Crippen molar-refractivity contribution in [3.8, 4) is 0 Å². The summed E-state index contributed by atoms with van der Waals surface area (Å²) in [5.74, 6) is 2.01. The van der Waals surface area contributed by atoms with Crippen molar-refractivity contribution < 1.29 is 8.85 Å². The lowest BCUT2D eigenvalue weighted by Crippen LogP contribution is -2.65. The van der Waals surface area contributed by atoms with E-state index in [4.69, 9.17) is 78.7 Å². The fourth-order valence-electron chi connectivity index (χ4n) is 11.2. The first-order valence-electron chi connectivity index (χ1n) is 25.1. The average Bonchev–Trinajstić information content (AvgIpc) is 4.17. The summed E-state index contributed by atoms with van der Waals surface area (Å²) in [7, 11) is -4.59. The van der Waals surface area contributed by atoms with Gasteiger partial charge in [0.15, 0.2) is 46.0 Å². The van der Waals surface area contributed by atoms with Crippen molar-refractivity contribution in [2.75, 3.05) is 13.2 Å². The van der Waals surface area contributed by atoms with Crippen molar-refractivity contribution in [1.82, 2.24) is 59.0 Å². The van der Waals surface area contributed by atoms with Crippen molar-refractivity contribution in [3.63, 3.8) is 0 Å². The minimum Gasteiger partial charge on any atom is -0.361 e. The Hall–Kier alpha value is -7.82. The van der Waals surface area contributed by atoms with Gasteiger partial charge in [0, 0.05) is 88.0 Å². The topological polar surface area (TPSA) is 230 Å². The Labute approximate surface area is 418 Å². The lowest BCUT2D eigenvalue weighted by atomic mass is 9.85. The molecule has 0 saturated heterocycles. The van der Waals surface area contributed by atoms with Gasteiger partial charge >= 0.3 is 8.88 Å². The zero-order valence-electron chi connectivity index (χ0n) is 39.7. The number of aliphatic imine (C=N–C) groups is 4. The van der Waals surface area contributed by atoms with Crippen LogP contribution < -0.4 is 21.6 Å². The predicted octanol–water partition coefficient (Wildman–Crippen LogP) is 5.26. The number of aromatic nitrogens is 10. The Balaban J connectivity index is 1.05. The van der Waals surface area contributed by atoms with Gasteiger partial charge in [-0.3, -0.25) is 8.47 Å². The van der Waals surface area contributed by atoms with Crippen LogP contribution in [0.25, 0.3) is 22.1 Å². The van der Waals surface area contributed by atoms with Gasteiger partial charge in [-0.05, 0) is 48.6 Å². The molecule has 2 aromatic carbocycles. The standard InChI is InChI=1S/C52H48N18O2Si/c1-3-11-31(12-4-1)27-61-35-17-9-7-15-33(35)29-71-73(72-30-34-16-8-10-18-36(34)62-28-32-13-5-2-6-14-32)69-49-41-42(58-24-23-57-41)51(69)67-47-39-40(56-22-21-55-39)48(64-47)68-52-44-43(59-25-26-60-44)50(70(52)73)66-46-38-37(45(63-46)65-49)53-19-20-54-38/h1-6,11-14,19-26,33-36,61-62H,7-10,15-18,27-30H2/b65-45-,65-49?,66-46?,66-50-,67-47-,67-51?,68-48?,68-52-/t33-,34-,35-,36-/m1/s1. The minimum absolute atomic E-state index is 0.0768. The number of fused-ring (bicyclic) bond motifs is 14. The molecule has 2 aliphatic carbocycles. The summed E-state index contributed by atoms with van der Waals surface area (Å²) in [6, 6.07) is 21.4. The molecule has 0 radical (unpaired) electrons. The molecule has 0 unspecified atom stereocenters. The number of benzene rings is 2. The highest BCUT2D eigenvalue weighted by Crippen LogP contribution is 2.42. The molecule has 362 valence electrons. The summed E-state index contributed by atoms with van der Waals surface area (Å²) >= 11 is 0. The second kappa shape index (κ2) is 18.3. The van der Waals surface area contributed by atoms with E-state index in [1.807, 2.05) is 8.47 Å². The monoisotopic (exact) mass is 984 g/mol. The molecule has 73 heavy (non-hydrogen) atoms. The van der Waals surface area contributed by atoms with E-state index in [2.05, 4.69) is 71.3 Å². The van der Waals surface area contributed by atoms with Crippen molar-refractivity contribution >= 4 is 65.9 Å². The van der Waals surface area contributed by atoms with Crippen LogP contribution in [-0.2, 0) is 21.9 Å². The van der Waals surface area contributed by atoms with Gasteiger partial charge in [0.2, 0.25) is 0 Å². The molecular formula is C52H48N18O2Si. The van der Waals surface area contributed by atoms with Gasteiger partial charge in [-0.25, -0.2) is 69.8 Å². The summed E-state index contributed by atoms with van der Waals surface area (Å²) in [5, 5.41) is 7.89. The quantitative estimate of drug-likeness (QED) is 0.149. The molecule has 10 heterocycles. The van der Waals surface area contributed by atoms with Crippen LogP contribution in [-0.4, -0.2) is 106 Å². The molecule has 0 amide bonds. The van der Waals surface area contributed by atoms with E-state index >= 15 is 0 Å². The van der Waals surface area contributed by atoms with Gasteiger partial charge in [-0.2, -0.15) is 0 Å². The normalized spacial score (nSPS) is 23.6. The van der Waals surface area contributed by atoms with Crippen molar-refractivity contribution in [2.45, 2.75) is 76.5 Å². The lowest BCUT2D eigenvalue weighted by molar-refractivity contribution is 0.0758. The maximum Gasteiger partial charge on any atom is 0.603 e. The zero-order valence-corrected chi connectivity index (χ0v) is 40.7. The van der Waals surface area contributed by atoms with E-state index in [1.165, 1.54) is 11.1 Å². The van der Waals surface area contributed by atoms with E-state index in [-0.39, 0.29) is 47.3 Å². The van der Waals surface area contributed by atoms with Crippen molar-refractivity contribution in [1.29, 1.82) is 0 Å². The molecule has 0 spiro atoms. The third kappa shape index (κ3) is 7.64. The number of rotatable bonds is 12. The number of nitrogens with zero attached hydrogens (tertiary/aromatic N) is 16. The van der Waals surface area contributed by atoms with E-state index < -0.39 is 8.88 Å². The summed E-state index contributed by atoms with van der Waals surface area (Å²) in [5.41, 5.74) is 6.75. The fraction of sp³-hybridized carbons (Fsp3) is 0.308. The van der Waals surface area contributed by atoms with Crippen LogP contribution in [0.4, 0.5) is 11.6 Å². The van der Waals surface area contributed by atoms with E-state index in [0.29, 0.717) is 80.7 Å². The number of hydrogen-bond acceptors (Lipinski definition) is 18. The molecule has 4 atom stereocenters. The van der Waals surface area contributed by atoms with Crippen LogP contribution in [0.3, 0.4) is 0 Å². The first-order chi connectivity index (χ1) is 36.2. The van der Waals surface area contributed by atoms with Crippen LogP contribution in [0.1, 0.15) is 85.3 Å². The molecule has 2 N–H and O–H groups in total. The molecule has 6 aliphatic rings. The highest BCUT2D eigenvalue weighted by molar-refractivity contribution is 6.66. The van der Waals surface area contributed by atoms with Gasteiger partial charge in [-0.15, -0.1) is 0 Å². The van der Waals surface area contributed by atoms with Gasteiger partial charge in [0.05, 0.1) is 0 Å². The molecular weight excluding hydrogens is 937 g/mol. The van der Waals surface area contributed by atoms with Crippen molar-refractivity contribution in [2.24, 2.45) is 41.8 Å². The molecule has 21 heteroatoms. The molecule has 4 aliphatic heterocycles. The average molecular weight is 985 g/mol. The number of nitrogens with one attached hydrogen (secondary N) is 2. The third-order valence-electron chi connectivity index (χ3n) is 14.8. The first kappa shape index (κ1) is 43.9. The van der Waals surface area contributed by atoms with E-state index in [9.17, 15) is 0 Å². The maximum atomic E-state index is 8.05. The van der Waals surface area contributed by atoms with Crippen molar-refractivity contribution in [3.05, 3.63) is 155 Å². The first-order valence-corrected chi connectivity index (χ1v) is 26.8. The third-order valence-corrected chi connectivity index (χ3v) is 17.8. The van der Waals surface area contributed by atoms with Crippen LogP contribution in [0, 0.1) is 11.8 Å². The SMILES string of the molecule is c1ccc(CN[C@@H]2CCCC[C@@H]2CO[Si]2(OC[C@H]3CCCC[C@H]3NCc3ccccc3)n3c4c5nccnc5c3/N=C3N=C(/N=c5/c6nccnc6/c(n52)=N/C2=NC(=N\4)/c4nccnc42)c2nccnc2\3)cc1. The summed E-state index contributed by atoms with van der Waals surface area (Å²) in [6.07, 6.45) is 21.3. The Morgan fingerprint density at radius 2 is 0.808 bits per heavy atom. The molecule has 2 saturated carbocycles. The van der Waals surface area contributed by atoms with Crippen LogP contribution in [0.15, 0.2) is 140 Å².